The van der Waals surface area contributed by atoms with Gasteiger partial charge in [-0.15, -0.1) is 0 Å². The number of hydrogen-bond donors (Lipinski definition) is 1. The van der Waals surface area contributed by atoms with E-state index in [2.05, 4.69) is 34.5 Å². The van der Waals surface area contributed by atoms with Crippen molar-refractivity contribution in [1.29, 1.82) is 0 Å². The van der Waals surface area contributed by atoms with Gasteiger partial charge >= 0.3 is 0 Å². The minimum atomic E-state index is -0.121. The molecule has 1 unspecified atom stereocenters. The molecule has 4 aromatic rings. The summed E-state index contributed by atoms with van der Waals surface area (Å²) in [5.41, 5.74) is 4.31. The van der Waals surface area contributed by atoms with E-state index in [1.54, 1.807) is 35.5 Å². The highest BCUT2D eigenvalue weighted by molar-refractivity contribution is 5.86. The van der Waals surface area contributed by atoms with Gasteiger partial charge in [-0.3, -0.25) is 9.69 Å². The number of amides is 1. The lowest BCUT2D eigenvalue weighted by Crippen LogP contribution is -2.43. The summed E-state index contributed by atoms with van der Waals surface area (Å²) in [5.74, 6) is 3.07. The molecule has 1 amide bonds. The van der Waals surface area contributed by atoms with Crippen LogP contribution in [-0.2, 0) is 24.2 Å². The average Bonchev–Trinajstić information content (AvgIpc) is 3.03. The van der Waals surface area contributed by atoms with Gasteiger partial charge in [0.25, 0.3) is 0 Å². The van der Waals surface area contributed by atoms with Gasteiger partial charge in [0.1, 0.15) is 0 Å². The molecule has 0 aromatic heterocycles. The van der Waals surface area contributed by atoms with Crippen LogP contribution in [0.2, 0.25) is 0 Å². The Morgan fingerprint density at radius 2 is 1.50 bits per heavy atom. The molecule has 0 fully saturated rings. The maximum absolute atomic E-state index is 13.4. The molecule has 1 aliphatic rings. The van der Waals surface area contributed by atoms with E-state index in [1.807, 2.05) is 42.5 Å². The Kier molecular flexibility index (Phi) is 9.03. The monoisotopic (exact) mass is 570 g/mol. The van der Waals surface area contributed by atoms with Crippen LogP contribution >= 0.6 is 0 Å². The fraction of sp³-hybridized carbons (Fsp3) is 0.324. The summed E-state index contributed by atoms with van der Waals surface area (Å²) in [7, 11) is 8.11. The van der Waals surface area contributed by atoms with Gasteiger partial charge in [0.2, 0.25) is 11.7 Å². The topological polar surface area (TPSA) is 78.5 Å². The normalized spacial score (nSPS) is 14.6. The van der Waals surface area contributed by atoms with Crippen LogP contribution < -0.4 is 29.0 Å². The van der Waals surface area contributed by atoms with Gasteiger partial charge in [-0.2, -0.15) is 0 Å². The number of methoxy groups -OCH3 is 5. The van der Waals surface area contributed by atoms with E-state index >= 15 is 0 Å². The fourth-order valence-corrected chi connectivity index (χ4v) is 5.92. The van der Waals surface area contributed by atoms with Crippen LogP contribution in [0, 0.1) is 0 Å². The molecular weight excluding hydrogens is 532 g/mol. The molecule has 0 bridgehead atoms. The van der Waals surface area contributed by atoms with Crippen LogP contribution in [-0.4, -0.2) is 59.4 Å². The largest absolute Gasteiger partial charge is 0.493 e. The average molecular weight is 571 g/mol. The predicted octanol–water partition coefficient (Wildman–Crippen LogP) is 5.34. The molecule has 0 spiro atoms. The summed E-state index contributed by atoms with van der Waals surface area (Å²) < 4.78 is 28.2. The first-order chi connectivity index (χ1) is 20.5. The molecular formula is C34H38N2O6. The van der Waals surface area contributed by atoms with Gasteiger partial charge in [-0.25, -0.2) is 0 Å². The van der Waals surface area contributed by atoms with Crippen molar-refractivity contribution in [3.8, 4) is 28.7 Å². The molecule has 220 valence electrons. The number of hydrogen-bond acceptors (Lipinski definition) is 7. The Labute approximate surface area is 247 Å². The maximum atomic E-state index is 13.4. The van der Waals surface area contributed by atoms with E-state index in [0.717, 1.165) is 33.9 Å². The van der Waals surface area contributed by atoms with Crippen molar-refractivity contribution >= 4 is 16.7 Å². The van der Waals surface area contributed by atoms with E-state index in [1.165, 1.54) is 5.56 Å². The molecule has 4 aromatic carbocycles. The van der Waals surface area contributed by atoms with E-state index in [4.69, 9.17) is 23.7 Å². The van der Waals surface area contributed by atoms with Crippen LogP contribution in [0.25, 0.3) is 10.8 Å². The summed E-state index contributed by atoms with van der Waals surface area (Å²) >= 11 is 0. The summed E-state index contributed by atoms with van der Waals surface area (Å²) in [6.45, 7) is 1.42. The fourth-order valence-electron chi connectivity index (χ4n) is 5.92. The van der Waals surface area contributed by atoms with Crippen LogP contribution in [0.5, 0.6) is 28.7 Å². The highest BCUT2D eigenvalue weighted by Gasteiger charge is 2.32. The van der Waals surface area contributed by atoms with Gasteiger partial charge in [0.15, 0.2) is 23.0 Å². The third kappa shape index (κ3) is 5.81. The van der Waals surface area contributed by atoms with Crippen molar-refractivity contribution in [3.05, 3.63) is 89.0 Å². The lowest BCUT2D eigenvalue weighted by Gasteiger charge is -2.38. The molecule has 1 N–H and O–H groups in total. The van der Waals surface area contributed by atoms with Gasteiger partial charge < -0.3 is 29.0 Å². The zero-order valence-corrected chi connectivity index (χ0v) is 24.9. The summed E-state index contributed by atoms with van der Waals surface area (Å²) in [5, 5.41) is 5.46. The number of fused-ring (bicyclic) bond motifs is 2. The summed E-state index contributed by atoms with van der Waals surface area (Å²) in [4.78, 5) is 15.6. The highest BCUT2D eigenvalue weighted by Crippen LogP contribution is 2.44. The van der Waals surface area contributed by atoms with Gasteiger partial charge in [-0.05, 0) is 58.5 Å². The second-order valence-electron chi connectivity index (χ2n) is 10.3. The predicted molar refractivity (Wildman–Crippen MR) is 163 cm³/mol. The summed E-state index contributed by atoms with van der Waals surface area (Å²) in [6.07, 6.45) is 1.37. The number of nitrogens with zero attached hydrogens (tertiary/aromatic N) is 1. The van der Waals surface area contributed by atoms with Crippen molar-refractivity contribution in [3.63, 3.8) is 0 Å². The van der Waals surface area contributed by atoms with Crippen molar-refractivity contribution in [2.75, 3.05) is 48.6 Å². The molecule has 1 aliphatic heterocycles. The Balaban J connectivity index is 1.44. The molecule has 1 atom stereocenters. The summed E-state index contributed by atoms with van der Waals surface area (Å²) in [6, 6.07) is 22.2. The second kappa shape index (κ2) is 13.0. The van der Waals surface area contributed by atoms with Crippen molar-refractivity contribution in [2.24, 2.45) is 0 Å². The van der Waals surface area contributed by atoms with E-state index in [-0.39, 0.29) is 18.5 Å². The zero-order chi connectivity index (χ0) is 29.6. The van der Waals surface area contributed by atoms with Crippen molar-refractivity contribution < 1.29 is 28.5 Å². The molecule has 0 aliphatic carbocycles. The lowest BCUT2D eigenvalue weighted by atomic mass is 9.87. The first-order valence-corrected chi connectivity index (χ1v) is 14.0. The minimum Gasteiger partial charge on any atom is -0.493 e. The Morgan fingerprint density at radius 3 is 2.24 bits per heavy atom. The number of carbonyl (C=O) groups is 1. The molecule has 1 heterocycles. The van der Waals surface area contributed by atoms with Crippen LogP contribution in [0.15, 0.2) is 66.7 Å². The number of ether oxygens (including phenoxy) is 5. The van der Waals surface area contributed by atoms with Crippen molar-refractivity contribution in [2.45, 2.75) is 25.4 Å². The Bertz CT molecular complexity index is 1560. The smallest absolute Gasteiger partial charge is 0.234 e. The van der Waals surface area contributed by atoms with Gasteiger partial charge in [0, 0.05) is 24.7 Å². The minimum absolute atomic E-state index is 0.0314. The van der Waals surface area contributed by atoms with Crippen molar-refractivity contribution in [1.82, 2.24) is 10.2 Å². The molecule has 0 saturated heterocycles. The van der Waals surface area contributed by atoms with Crippen LogP contribution in [0.1, 0.15) is 28.3 Å². The standard InChI is InChI=1S/C34H38N2O6/c1-38-29-14-13-24(33(41-4)34(29)42-5)17-28-27-19-31(40-3)30(39-2)18-23(27)15-16-36(28)21-32(37)35-20-25-11-8-10-22-9-6-7-12-26(22)25/h6-14,18-19,28H,15-17,20-21H2,1-5H3,(H,35,37). The van der Waals surface area contributed by atoms with Gasteiger partial charge in [0.05, 0.1) is 42.1 Å². The third-order valence-corrected chi connectivity index (χ3v) is 8.02. The molecule has 5 rings (SSSR count). The van der Waals surface area contributed by atoms with Crippen LogP contribution in [0.4, 0.5) is 0 Å². The number of benzene rings is 4. The first kappa shape index (κ1) is 29.1. The molecule has 0 saturated carbocycles. The zero-order valence-electron chi connectivity index (χ0n) is 24.9. The third-order valence-electron chi connectivity index (χ3n) is 8.02. The van der Waals surface area contributed by atoms with E-state index in [9.17, 15) is 4.79 Å². The molecule has 42 heavy (non-hydrogen) atoms. The van der Waals surface area contributed by atoms with Gasteiger partial charge in [-0.1, -0.05) is 48.5 Å². The molecule has 0 radical (unpaired) electrons. The van der Waals surface area contributed by atoms with Crippen LogP contribution in [0.3, 0.4) is 0 Å². The van der Waals surface area contributed by atoms with E-state index < -0.39 is 0 Å². The maximum Gasteiger partial charge on any atom is 0.234 e. The SMILES string of the molecule is COc1cc2c(cc1OC)C(Cc1ccc(OC)c(OC)c1OC)N(CC(=O)NCc1cccc3ccccc13)CC2. The quantitative estimate of drug-likeness (QED) is 0.261. The Morgan fingerprint density at radius 1 is 0.786 bits per heavy atom. The number of carbonyl (C=O) groups excluding carboxylic acids is 1. The highest BCUT2D eigenvalue weighted by atomic mass is 16.5. The first-order valence-electron chi connectivity index (χ1n) is 14.0. The number of nitrogens with one attached hydrogen (secondary N) is 1. The molecule has 8 nitrogen and oxygen atoms in total. The Hall–Kier alpha value is -4.43. The molecule has 8 heteroatoms. The lowest BCUT2D eigenvalue weighted by molar-refractivity contribution is -0.123. The number of rotatable bonds is 11. The van der Waals surface area contributed by atoms with E-state index in [0.29, 0.717) is 48.3 Å². The second-order valence-corrected chi connectivity index (χ2v) is 10.3.